The number of amides is 1. The molecule has 28 heavy (non-hydrogen) atoms. The Labute approximate surface area is 167 Å². The van der Waals surface area contributed by atoms with E-state index in [2.05, 4.69) is 46.3 Å². The molecule has 1 N–H and O–H groups in total. The molecule has 1 fully saturated rings. The van der Waals surface area contributed by atoms with Gasteiger partial charge in [-0.3, -0.25) is 14.6 Å². The number of methoxy groups -OCH3 is 2. The highest BCUT2D eigenvalue weighted by Crippen LogP contribution is 2.29. The molecule has 1 aliphatic rings. The average molecular weight is 383 g/mol. The average Bonchev–Trinajstić information content (AvgIpc) is 2.71. The number of piperazine rings is 1. The molecule has 1 amide bonds. The highest BCUT2D eigenvalue weighted by Gasteiger charge is 2.19. The summed E-state index contributed by atoms with van der Waals surface area (Å²) in [5.74, 6) is 1.23. The normalized spacial score (nSPS) is 15.2. The van der Waals surface area contributed by atoms with Crippen molar-refractivity contribution in [2.45, 2.75) is 13.5 Å². The van der Waals surface area contributed by atoms with Crippen molar-refractivity contribution < 1.29 is 14.3 Å². The molecule has 0 unspecified atom stereocenters. The van der Waals surface area contributed by atoms with Crippen molar-refractivity contribution in [2.24, 2.45) is 0 Å². The summed E-state index contributed by atoms with van der Waals surface area (Å²) in [6.07, 6.45) is 0. The number of hydrogen-bond acceptors (Lipinski definition) is 5. The number of nitrogens with zero attached hydrogens (tertiary/aromatic N) is 2. The molecule has 0 spiro atoms. The van der Waals surface area contributed by atoms with Crippen LogP contribution < -0.4 is 14.8 Å². The van der Waals surface area contributed by atoms with E-state index in [1.165, 1.54) is 11.1 Å². The molecule has 0 saturated carbocycles. The molecular formula is C22H29N3O3. The SMILES string of the molecule is COc1ccc(NC(=O)CN2CCN(Cc3ccccc3C)CC2)cc1OC. The minimum absolute atomic E-state index is 0.0143. The van der Waals surface area contributed by atoms with E-state index in [0.29, 0.717) is 23.7 Å². The maximum atomic E-state index is 12.4. The summed E-state index contributed by atoms with van der Waals surface area (Å²) >= 11 is 0. The molecule has 0 aliphatic carbocycles. The van der Waals surface area contributed by atoms with Gasteiger partial charge in [-0.15, -0.1) is 0 Å². The number of ether oxygens (including phenoxy) is 2. The summed E-state index contributed by atoms with van der Waals surface area (Å²) < 4.78 is 10.5. The third-order valence-corrected chi connectivity index (χ3v) is 5.15. The summed E-state index contributed by atoms with van der Waals surface area (Å²) in [6.45, 7) is 7.25. The molecule has 1 aliphatic heterocycles. The van der Waals surface area contributed by atoms with Crippen molar-refractivity contribution in [3.63, 3.8) is 0 Å². The second-order valence-corrected chi connectivity index (χ2v) is 7.10. The van der Waals surface area contributed by atoms with Gasteiger partial charge in [0.25, 0.3) is 0 Å². The van der Waals surface area contributed by atoms with Crippen molar-refractivity contribution in [3.8, 4) is 11.5 Å². The molecule has 150 valence electrons. The minimum Gasteiger partial charge on any atom is -0.493 e. The van der Waals surface area contributed by atoms with Crippen molar-refractivity contribution in [1.82, 2.24) is 9.80 Å². The number of carbonyl (C=O) groups excluding carboxylic acids is 1. The second kappa shape index (κ2) is 9.57. The van der Waals surface area contributed by atoms with Crippen LogP contribution >= 0.6 is 0 Å². The minimum atomic E-state index is -0.0143. The summed E-state index contributed by atoms with van der Waals surface area (Å²) in [6, 6.07) is 13.9. The lowest BCUT2D eigenvalue weighted by Gasteiger charge is -2.34. The summed E-state index contributed by atoms with van der Waals surface area (Å²) in [4.78, 5) is 17.1. The van der Waals surface area contributed by atoms with Gasteiger partial charge in [-0.1, -0.05) is 24.3 Å². The number of nitrogens with one attached hydrogen (secondary N) is 1. The van der Waals surface area contributed by atoms with Crippen LogP contribution in [0.4, 0.5) is 5.69 Å². The fraction of sp³-hybridized carbons (Fsp3) is 0.409. The number of benzene rings is 2. The van der Waals surface area contributed by atoms with Crippen LogP contribution in [0.1, 0.15) is 11.1 Å². The van der Waals surface area contributed by atoms with Gasteiger partial charge in [0, 0.05) is 44.5 Å². The Morgan fingerprint density at radius 1 is 0.964 bits per heavy atom. The molecule has 6 heteroatoms. The maximum absolute atomic E-state index is 12.4. The first-order chi connectivity index (χ1) is 13.6. The molecule has 1 heterocycles. The molecule has 0 radical (unpaired) electrons. The highest BCUT2D eigenvalue weighted by atomic mass is 16.5. The first-order valence-corrected chi connectivity index (χ1v) is 9.60. The molecule has 2 aromatic rings. The Hall–Kier alpha value is -2.57. The predicted molar refractivity (Wildman–Crippen MR) is 111 cm³/mol. The summed E-state index contributed by atoms with van der Waals surface area (Å²) in [5, 5.41) is 2.94. The molecular weight excluding hydrogens is 354 g/mol. The van der Waals surface area contributed by atoms with Crippen LogP contribution in [-0.4, -0.2) is 62.7 Å². The lowest BCUT2D eigenvalue weighted by atomic mass is 10.1. The second-order valence-electron chi connectivity index (χ2n) is 7.10. The maximum Gasteiger partial charge on any atom is 0.238 e. The lowest BCUT2D eigenvalue weighted by Crippen LogP contribution is -2.48. The lowest BCUT2D eigenvalue weighted by molar-refractivity contribution is -0.117. The summed E-state index contributed by atoms with van der Waals surface area (Å²) in [7, 11) is 3.18. The third-order valence-electron chi connectivity index (χ3n) is 5.15. The van der Waals surface area contributed by atoms with E-state index in [-0.39, 0.29) is 5.91 Å². The first-order valence-electron chi connectivity index (χ1n) is 9.60. The van der Waals surface area contributed by atoms with E-state index < -0.39 is 0 Å². The topological polar surface area (TPSA) is 54.0 Å². The number of rotatable bonds is 7. The molecule has 0 bridgehead atoms. The van der Waals surface area contributed by atoms with Gasteiger partial charge in [0.05, 0.1) is 20.8 Å². The number of anilines is 1. The molecule has 1 saturated heterocycles. The standard InChI is InChI=1S/C22H29N3O3/c1-17-6-4-5-7-18(17)15-24-10-12-25(13-11-24)16-22(26)23-19-8-9-20(27-2)21(14-19)28-3/h4-9,14H,10-13,15-16H2,1-3H3,(H,23,26). The van der Waals surface area contributed by atoms with Crippen LogP contribution in [0.15, 0.2) is 42.5 Å². The molecule has 0 aromatic heterocycles. The van der Waals surface area contributed by atoms with Crippen LogP contribution in [0.25, 0.3) is 0 Å². The van der Waals surface area contributed by atoms with E-state index >= 15 is 0 Å². The monoisotopic (exact) mass is 383 g/mol. The first kappa shape index (κ1) is 20.2. The van der Waals surface area contributed by atoms with Crippen molar-refractivity contribution in [2.75, 3.05) is 52.3 Å². The van der Waals surface area contributed by atoms with E-state index in [0.717, 1.165) is 32.7 Å². The van der Waals surface area contributed by atoms with Gasteiger partial charge in [-0.2, -0.15) is 0 Å². The quantitative estimate of drug-likeness (QED) is 0.797. The molecule has 2 aromatic carbocycles. The van der Waals surface area contributed by atoms with Gasteiger partial charge in [-0.25, -0.2) is 0 Å². The Kier molecular flexibility index (Phi) is 6.90. The zero-order valence-electron chi connectivity index (χ0n) is 16.9. The van der Waals surface area contributed by atoms with Crippen LogP contribution in [0.5, 0.6) is 11.5 Å². The van der Waals surface area contributed by atoms with E-state index in [4.69, 9.17) is 9.47 Å². The van der Waals surface area contributed by atoms with Crippen LogP contribution in [-0.2, 0) is 11.3 Å². The molecule has 3 rings (SSSR count). The van der Waals surface area contributed by atoms with Gasteiger partial charge in [0.2, 0.25) is 5.91 Å². The fourth-order valence-electron chi connectivity index (χ4n) is 3.45. The number of hydrogen-bond donors (Lipinski definition) is 1. The fourth-order valence-corrected chi connectivity index (χ4v) is 3.45. The smallest absolute Gasteiger partial charge is 0.238 e. The number of aryl methyl sites for hydroxylation is 1. The zero-order chi connectivity index (χ0) is 19.9. The van der Waals surface area contributed by atoms with Crippen LogP contribution in [0, 0.1) is 6.92 Å². The van der Waals surface area contributed by atoms with Gasteiger partial charge in [-0.05, 0) is 30.2 Å². The van der Waals surface area contributed by atoms with Gasteiger partial charge in [0.15, 0.2) is 11.5 Å². The third kappa shape index (κ3) is 5.24. The van der Waals surface area contributed by atoms with E-state index in [9.17, 15) is 4.79 Å². The largest absolute Gasteiger partial charge is 0.493 e. The van der Waals surface area contributed by atoms with Crippen LogP contribution in [0.2, 0.25) is 0 Å². The molecule has 0 atom stereocenters. The summed E-state index contributed by atoms with van der Waals surface area (Å²) in [5.41, 5.74) is 3.42. The molecule has 6 nitrogen and oxygen atoms in total. The predicted octanol–water partition coefficient (Wildman–Crippen LogP) is 2.77. The Bertz CT molecular complexity index is 801. The zero-order valence-corrected chi connectivity index (χ0v) is 16.9. The van der Waals surface area contributed by atoms with Crippen LogP contribution in [0.3, 0.4) is 0 Å². The van der Waals surface area contributed by atoms with Gasteiger partial charge < -0.3 is 14.8 Å². The highest BCUT2D eigenvalue weighted by molar-refractivity contribution is 5.92. The van der Waals surface area contributed by atoms with Crippen molar-refractivity contribution in [1.29, 1.82) is 0 Å². The Morgan fingerprint density at radius 3 is 2.32 bits per heavy atom. The van der Waals surface area contributed by atoms with Gasteiger partial charge >= 0.3 is 0 Å². The number of carbonyl (C=O) groups is 1. The van der Waals surface area contributed by atoms with E-state index in [1.54, 1.807) is 26.4 Å². The Morgan fingerprint density at radius 2 is 1.64 bits per heavy atom. The van der Waals surface area contributed by atoms with Crippen molar-refractivity contribution in [3.05, 3.63) is 53.6 Å². The van der Waals surface area contributed by atoms with E-state index in [1.807, 2.05) is 6.07 Å². The van der Waals surface area contributed by atoms with Crippen molar-refractivity contribution >= 4 is 11.6 Å². The Balaban J connectivity index is 1.47. The van der Waals surface area contributed by atoms with Gasteiger partial charge in [0.1, 0.15) is 0 Å².